The number of benzene rings is 1. The summed E-state index contributed by atoms with van der Waals surface area (Å²) < 4.78 is 37.0. The van der Waals surface area contributed by atoms with Gasteiger partial charge >= 0.3 is 12.2 Å². The van der Waals surface area contributed by atoms with Crippen molar-refractivity contribution in [1.29, 1.82) is 0 Å². The highest BCUT2D eigenvalue weighted by Crippen LogP contribution is 2.28. The number of carbonyl (C=O) groups excluding carboxylic acids is 2. The normalized spacial score (nSPS) is 12.6. The third kappa shape index (κ3) is 4.79. The molecule has 0 aliphatic rings. The summed E-state index contributed by atoms with van der Waals surface area (Å²) in [5.74, 6) is -0.483. The molecule has 0 spiro atoms. The van der Waals surface area contributed by atoms with Gasteiger partial charge in [-0.3, -0.25) is 4.79 Å². The molecular weight excluding hydrogens is 275 g/mol. The summed E-state index contributed by atoms with van der Waals surface area (Å²) >= 11 is 0. The Morgan fingerprint density at radius 1 is 1.25 bits per heavy atom. The number of alkyl halides is 3. The topological polar surface area (TPSA) is 84.2 Å². The second-order valence-electron chi connectivity index (χ2n) is 4.14. The van der Waals surface area contributed by atoms with Crippen LogP contribution in [0.5, 0.6) is 0 Å². The van der Waals surface area contributed by atoms with Gasteiger partial charge in [0.2, 0.25) is 5.91 Å². The molecule has 0 aliphatic heterocycles. The van der Waals surface area contributed by atoms with E-state index in [4.69, 9.17) is 5.73 Å². The first-order valence-electron chi connectivity index (χ1n) is 5.70. The van der Waals surface area contributed by atoms with E-state index in [1.165, 1.54) is 19.1 Å². The van der Waals surface area contributed by atoms with E-state index in [1.54, 1.807) is 0 Å². The van der Waals surface area contributed by atoms with E-state index in [0.717, 1.165) is 12.1 Å². The predicted molar refractivity (Wildman–Crippen MR) is 65.5 cm³/mol. The smallest absolute Gasteiger partial charge is 0.352 e. The van der Waals surface area contributed by atoms with E-state index in [2.05, 4.69) is 10.6 Å². The molecule has 20 heavy (non-hydrogen) atoms. The van der Waals surface area contributed by atoms with Crippen LogP contribution in [0.25, 0.3) is 0 Å². The van der Waals surface area contributed by atoms with Crippen LogP contribution in [0.1, 0.15) is 18.1 Å². The lowest BCUT2D eigenvalue weighted by atomic mass is 10.1. The molecule has 110 valence electrons. The van der Waals surface area contributed by atoms with Crippen molar-refractivity contribution < 1.29 is 22.8 Å². The highest BCUT2D eigenvalue weighted by molar-refractivity contribution is 5.86. The highest BCUT2D eigenvalue weighted by atomic mass is 19.4. The van der Waals surface area contributed by atoms with E-state index in [1.807, 2.05) is 0 Å². The lowest BCUT2D eigenvalue weighted by Crippen LogP contribution is -2.46. The van der Waals surface area contributed by atoms with Crippen LogP contribution >= 0.6 is 0 Å². The number of nitrogens with two attached hydrogens (primary N) is 1. The van der Waals surface area contributed by atoms with E-state index in [0.29, 0.717) is 5.56 Å². The van der Waals surface area contributed by atoms with Gasteiger partial charge in [0.15, 0.2) is 0 Å². The number of hydrogen-bond acceptors (Lipinski definition) is 2. The zero-order valence-electron chi connectivity index (χ0n) is 10.6. The maximum absolute atomic E-state index is 12.3. The fourth-order valence-electron chi connectivity index (χ4n) is 1.43. The SMILES string of the molecule is CC(NC(N)=O)C(=O)NCc1ccc(C(F)(F)F)cc1. The summed E-state index contributed by atoms with van der Waals surface area (Å²) in [5.41, 5.74) is 4.62. The van der Waals surface area contributed by atoms with Crippen LogP contribution in [0.2, 0.25) is 0 Å². The molecule has 0 aromatic heterocycles. The number of amides is 3. The Labute approximate surface area is 113 Å². The van der Waals surface area contributed by atoms with Gasteiger partial charge in [0.1, 0.15) is 6.04 Å². The van der Waals surface area contributed by atoms with Gasteiger partial charge in [-0.05, 0) is 24.6 Å². The molecule has 0 fully saturated rings. The Hall–Kier alpha value is -2.25. The third-order valence-electron chi connectivity index (χ3n) is 2.50. The molecule has 5 nitrogen and oxygen atoms in total. The maximum atomic E-state index is 12.3. The Kier molecular flexibility index (Phi) is 4.95. The second kappa shape index (κ2) is 6.27. The summed E-state index contributed by atoms with van der Waals surface area (Å²) in [4.78, 5) is 22.1. The van der Waals surface area contributed by atoms with Gasteiger partial charge in [-0.25, -0.2) is 4.79 Å². The number of primary amides is 1. The van der Waals surface area contributed by atoms with Crippen molar-refractivity contribution in [3.05, 3.63) is 35.4 Å². The van der Waals surface area contributed by atoms with Gasteiger partial charge in [-0.1, -0.05) is 12.1 Å². The monoisotopic (exact) mass is 289 g/mol. The van der Waals surface area contributed by atoms with Gasteiger partial charge < -0.3 is 16.4 Å². The Morgan fingerprint density at radius 2 is 1.80 bits per heavy atom. The van der Waals surface area contributed by atoms with E-state index >= 15 is 0 Å². The molecule has 0 heterocycles. The molecule has 1 atom stereocenters. The lowest BCUT2D eigenvalue weighted by molar-refractivity contribution is -0.137. The van der Waals surface area contributed by atoms with E-state index in [-0.39, 0.29) is 6.54 Å². The van der Waals surface area contributed by atoms with Crippen LogP contribution in [0.15, 0.2) is 24.3 Å². The van der Waals surface area contributed by atoms with Crippen molar-refractivity contribution in [3.8, 4) is 0 Å². The highest BCUT2D eigenvalue weighted by Gasteiger charge is 2.29. The van der Waals surface area contributed by atoms with Crippen LogP contribution in [0.4, 0.5) is 18.0 Å². The first kappa shape index (κ1) is 15.8. The summed E-state index contributed by atoms with van der Waals surface area (Å²) in [5, 5.41) is 4.66. The molecule has 0 saturated carbocycles. The van der Waals surface area contributed by atoms with Gasteiger partial charge in [0, 0.05) is 6.54 Å². The predicted octanol–water partition coefficient (Wildman–Crippen LogP) is 1.38. The fraction of sp³-hybridized carbons (Fsp3) is 0.333. The van der Waals surface area contributed by atoms with Gasteiger partial charge in [0.25, 0.3) is 0 Å². The first-order valence-corrected chi connectivity index (χ1v) is 5.70. The minimum Gasteiger partial charge on any atom is -0.352 e. The average Bonchev–Trinajstić information content (AvgIpc) is 2.34. The van der Waals surface area contributed by atoms with Crippen LogP contribution < -0.4 is 16.4 Å². The Morgan fingerprint density at radius 3 is 2.25 bits per heavy atom. The summed E-state index contributed by atoms with van der Waals surface area (Å²) in [7, 11) is 0. The Balaban J connectivity index is 2.54. The molecule has 1 aromatic carbocycles. The molecule has 1 unspecified atom stereocenters. The number of nitrogens with one attached hydrogen (secondary N) is 2. The quantitative estimate of drug-likeness (QED) is 0.782. The number of halogens is 3. The molecule has 0 radical (unpaired) electrons. The van der Waals surface area contributed by atoms with Gasteiger partial charge in [-0.2, -0.15) is 13.2 Å². The maximum Gasteiger partial charge on any atom is 0.416 e. The molecule has 3 amide bonds. The number of urea groups is 1. The Bertz CT molecular complexity index is 486. The molecule has 8 heteroatoms. The zero-order valence-corrected chi connectivity index (χ0v) is 10.6. The molecule has 0 saturated heterocycles. The minimum atomic E-state index is -4.39. The molecular formula is C12H14F3N3O2. The molecule has 0 aliphatic carbocycles. The average molecular weight is 289 g/mol. The van der Waals surface area contributed by atoms with Crippen molar-refractivity contribution in [1.82, 2.24) is 10.6 Å². The van der Waals surface area contributed by atoms with Crippen LogP contribution in [-0.2, 0) is 17.5 Å². The van der Waals surface area contributed by atoms with Crippen LogP contribution in [-0.4, -0.2) is 18.0 Å². The van der Waals surface area contributed by atoms with Crippen molar-refractivity contribution >= 4 is 11.9 Å². The van der Waals surface area contributed by atoms with Crippen molar-refractivity contribution in [2.75, 3.05) is 0 Å². The molecule has 4 N–H and O–H groups in total. The number of rotatable bonds is 4. The van der Waals surface area contributed by atoms with Crippen molar-refractivity contribution in [2.45, 2.75) is 25.7 Å². The standard InChI is InChI=1S/C12H14F3N3O2/c1-7(18-11(16)20)10(19)17-6-8-2-4-9(5-3-8)12(13,14)15/h2-5,7H,6H2,1H3,(H,17,19)(H3,16,18,20). The lowest BCUT2D eigenvalue weighted by Gasteiger charge is -2.13. The third-order valence-corrected chi connectivity index (χ3v) is 2.50. The summed E-state index contributed by atoms with van der Waals surface area (Å²) in [6.07, 6.45) is -4.39. The summed E-state index contributed by atoms with van der Waals surface area (Å²) in [6, 6.07) is 2.77. The zero-order chi connectivity index (χ0) is 15.3. The summed E-state index contributed by atoms with van der Waals surface area (Å²) in [6.45, 7) is 1.49. The van der Waals surface area contributed by atoms with Crippen LogP contribution in [0, 0.1) is 0 Å². The molecule has 1 rings (SSSR count). The van der Waals surface area contributed by atoms with Gasteiger partial charge in [0.05, 0.1) is 5.56 Å². The van der Waals surface area contributed by atoms with Gasteiger partial charge in [-0.15, -0.1) is 0 Å². The largest absolute Gasteiger partial charge is 0.416 e. The molecule has 1 aromatic rings. The van der Waals surface area contributed by atoms with E-state index < -0.39 is 29.7 Å². The number of hydrogen-bond donors (Lipinski definition) is 3. The van der Waals surface area contributed by atoms with Crippen molar-refractivity contribution in [2.24, 2.45) is 5.73 Å². The minimum absolute atomic E-state index is 0.0573. The fourth-order valence-corrected chi connectivity index (χ4v) is 1.43. The first-order chi connectivity index (χ1) is 9.20. The number of carbonyl (C=O) groups is 2. The van der Waals surface area contributed by atoms with Crippen molar-refractivity contribution in [3.63, 3.8) is 0 Å². The van der Waals surface area contributed by atoms with E-state index in [9.17, 15) is 22.8 Å². The molecule has 0 bridgehead atoms. The van der Waals surface area contributed by atoms with Crippen LogP contribution in [0.3, 0.4) is 0 Å². The second-order valence-corrected chi connectivity index (χ2v) is 4.14.